The Morgan fingerprint density at radius 1 is 1.33 bits per heavy atom. The number of hydrogen-bond acceptors (Lipinski definition) is 4. The monoisotopic (exact) mass is 321 g/mol. The molecule has 2 rings (SSSR count). The van der Waals surface area contributed by atoms with E-state index in [9.17, 15) is 21.6 Å². The molecule has 0 aliphatic heterocycles. The number of rotatable bonds is 4. The van der Waals surface area contributed by atoms with Crippen molar-refractivity contribution in [3.05, 3.63) is 24.0 Å². The summed E-state index contributed by atoms with van der Waals surface area (Å²) in [6.45, 7) is -0.0810. The van der Waals surface area contributed by atoms with E-state index in [0.29, 0.717) is 5.69 Å². The van der Waals surface area contributed by atoms with Gasteiger partial charge in [0, 0.05) is 18.5 Å². The number of halogens is 3. The minimum absolute atomic E-state index is 0.0810. The first-order chi connectivity index (χ1) is 9.58. The highest BCUT2D eigenvalue weighted by atomic mass is 32.2. The van der Waals surface area contributed by atoms with Crippen LogP contribution in [-0.4, -0.2) is 30.0 Å². The van der Waals surface area contributed by atoms with E-state index in [4.69, 9.17) is 5.73 Å². The summed E-state index contributed by atoms with van der Waals surface area (Å²) in [7, 11) is -3.22. The molecule has 21 heavy (non-hydrogen) atoms. The number of hydrogen-bond donors (Lipinski definition) is 1. The molecule has 1 aromatic carbocycles. The van der Waals surface area contributed by atoms with Crippen LogP contribution in [0.2, 0.25) is 0 Å². The molecule has 0 amide bonds. The summed E-state index contributed by atoms with van der Waals surface area (Å²) in [5, 5.41) is 0. The SMILES string of the molecule is CS(=O)(=O)CCCn1c(C(F)(F)F)nc2cc(N)ccc21. The zero-order valence-electron chi connectivity index (χ0n) is 11.2. The van der Waals surface area contributed by atoms with Gasteiger partial charge < -0.3 is 10.3 Å². The molecule has 0 spiro atoms. The Kier molecular flexibility index (Phi) is 3.87. The van der Waals surface area contributed by atoms with Crippen LogP contribution in [0.5, 0.6) is 0 Å². The Morgan fingerprint density at radius 2 is 2.00 bits per heavy atom. The number of fused-ring (bicyclic) bond motifs is 1. The fourth-order valence-electron chi connectivity index (χ4n) is 2.07. The number of anilines is 1. The molecule has 0 saturated heterocycles. The standard InChI is InChI=1S/C12H14F3N3O2S/c1-21(19,20)6-2-5-18-10-4-3-8(16)7-9(10)17-11(18)12(13,14)15/h3-4,7H,2,5-6,16H2,1H3. The number of nitrogens with two attached hydrogens (primary N) is 1. The zero-order chi connectivity index (χ0) is 15.8. The number of aromatic nitrogens is 2. The van der Waals surface area contributed by atoms with Crippen LogP contribution < -0.4 is 5.73 Å². The van der Waals surface area contributed by atoms with E-state index < -0.39 is 21.8 Å². The molecule has 5 nitrogen and oxygen atoms in total. The van der Waals surface area contributed by atoms with E-state index in [1.54, 1.807) is 0 Å². The maximum absolute atomic E-state index is 13.0. The number of alkyl halides is 3. The van der Waals surface area contributed by atoms with Gasteiger partial charge in [0.05, 0.1) is 16.8 Å². The Balaban J connectivity index is 2.43. The minimum Gasteiger partial charge on any atom is -0.399 e. The lowest BCUT2D eigenvalue weighted by molar-refractivity contribution is -0.146. The maximum Gasteiger partial charge on any atom is 0.449 e. The molecule has 0 saturated carbocycles. The summed E-state index contributed by atoms with van der Waals surface area (Å²) in [4.78, 5) is 3.57. The molecule has 0 bridgehead atoms. The van der Waals surface area contributed by atoms with Gasteiger partial charge in [0.15, 0.2) is 0 Å². The lowest BCUT2D eigenvalue weighted by Gasteiger charge is -2.11. The van der Waals surface area contributed by atoms with E-state index in [2.05, 4.69) is 4.98 Å². The fourth-order valence-corrected chi connectivity index (χ4v) is 2.73. The predicted octanol–water partition coefficient (Wildman–Crippen LogP) is 2.07. The van der Waals surface area contributed by atoms with E-state index in [1.807, 2.05) is 0 Å². The molecule has 0 fully saturated rings. The van der Waals surface area contributed by atoms with Crippen molar-refractivity contribution in [2.45, 2.75) is 19.1 Å². The van der Waals surface area contributed by atoms with Crippen molar-refractivity contribution in [2.24, 2.45) is 0 Å². The smallest absolute Gasteiger partial charge is 0.399 e. The van der Waals surface area contributed by atoms with Gasteiger partial charge in [0.1, 0.15) is 9.84 Å². The van der Waals surface area contributed by atoms with E-state index >= 15 is 0 Å². The molecule has 0 radical (unpaired) electrons. The van der Waals surface area contributed by atoms with Crippen molar-refractivity contribution >= 4 is 26.6 Å². The topological polar surface area (TPSA) is 78.0 Å². The zero-order valence-corrected chi connectivity index (χ0v) is 12.0. The second kappa shape index (κ2) is 5.21. The van der Waals surface area contributed by atoms with Crippen molar-refractivity contribution in [1.82, 2.24) is 9.55 Å². The molecule has 0 atom stereocenters. The van der Waals surface area contributed by atoms with Crippen molar-refractivity contribution < 1.29 is 21.6 Å². The third-order valence-corrected chi connectivity index (χ3v) is 3.95. The molecule has 1 heterocycles. The average molecular weight is 321 g/mol. The van der Waals surface area contributed by atoms with Crippen molar-refractivity contribution in [2.75, 3.05) is 17.7 Å². The van der Waals surface area contributed by atoms with Crippen molar-refractivity contribution in [3.63, 3.8) is 0 Å². The van der Waals surface area contributed by atoms with Crippen LogP contribution in [0.4, 0.5) is 18.9 Å². The van der Waals surface area contributed by atoms with Crippen LogP contribution >= 0.6 is 0 Å². The first-order valence-electron chi connectivity index (χ1n) is 6.08. The number of benzene rings is 1. The molecule has 2 aromatic rings. The first-order valence-corrected chi connectivity index (χ1v) is 8.15. The summed E-state index contributed by atoms with van der Waals surface area (Å²) in [5.41, 5.74) is 6.28. The number of nitrogen functional groups attached to an aromatic ring is 1. The molecular formula is C12H14F3N3O2S. The molecular weight excluding hydrogens is 307 g/mol. The molecule has 2 N–H and O–H groups in total. The van der Waals surface area contributed by atoms with Crippen molar-refractivity contribution in [3.8, 4) is 0 Å². The maximum atomic E-state index is 13.0. The first kappa shape index (κ1) is 15.6. The Morgan fingerprint density at radius 3 is 2.57 bits per heavy atom. The third-order valence-electron chi connectivity index (χ3n) is 2.92. The lowest BCUT2D eigenvalue weighted by atomic mass is 10.3. The van der Waals surface area contributed by atoms with Gasteiger partial charge in [-0.15, -0.1) is 0 Å². The van der Waals surface area contributed by atoms with Crippen LogP contribution in [0.3, 0.4) is 0 Å². The largest absolute Gasteiger partial charge is 0.449 e. The third kappa shape index (κ3) is 3.66. The summed E-state index contributed by atoms with van der Waals surface area (Å²) >= 11 is 0. The van der Waals surface area contributed by atoms with E-state index in [0.717, 1.165) is 10.8 Å². The Labute approximate surface area is 119 Å². The highest BCUT2D eigenvalue weighted by molar-refractivity contribution is 7.90. The van der Waals surface area contributed by atoms with Crippen LogP contribution in [0.15, 0.2) is 18.2 Å². The number of imidazole rings is 1. The molecule has 0 aliphatic rings. The van der Waals surface area contributed by atoms with Crippen LogP contribution in [0.1, 0.15) is 12.2 Å². The van der Waals surface area contributed by atoms with Gasteiger partial charge in [0.25, 0.3) is 0 Å². The Bertz CT molecular complexity index is 766. The van der Waals surface area contributed by atoms with E-state index in [-0.39, 0.29) is 29.8 Å². The van der Waals surface area contributed by atoms with Gasteiger partial charge in [-0.25, -0.2) is 13.4 Å². The van der Waals surface area contributed by atoms with Gasteiger partial charge in [-0.3, -0.25) is 0 Å². The molecule has 0 aliphatic carbocycles. The fraction of sp³-hybridized carbons (Fsp3) is 0.417. The predicted molar refractivity (Wildman–Crippen MR) is 73.5 cm³/mol. The van der Waals surface area contributed by atoms with Crippen LogP contribution in [0.25, 0.3) is 11.0 Å². The van der Waals surface area contributed by atoms with Gasteiger partial charge >= 0.3 is 6.18 Å². The lowest BCUT2D eigenvalue weighted by Crippen LogP contribution is -2.16. The quantitative estimate of drug-likeness (QED) is 0.875. The van der Waals surface area contributed by atoms with Gasteiger partial charge in [-0.05, 0) is 24.6 Å². The van der Waals surface area contributed by atoms with Gasteiger partial charge in [-0.2, -0.15) is 13.2 Å². The van der Waals surface area contributed by atoms with Crippen LogP contribution in [0, 0.1) is 0 Å². The van der Waals surface area contributed by atoms with Crippen molar-refractivity contribution in [1.29, 1.82) is 0 Å². The normalized spacial score (nSPS) is 13.0. The minimum atomic E-state index is -4.61. The second-order valence-corrected chi connectivity index (χ2v) is 7.08. The summed E-state index contributed by atoms with van der Waals surface area (Å²) in [5.74, 6) is -1.23. The van der Waals surface area contributed by atoms with Crippen LogP contribution in [-0.2, 0) is 22.6 Å². The number of aryl methyl sites for hydroxylation is 1. The number of sulfone groups is 1. The summed E-state index contributed by atoms with van der Waals surface area (Å²) in [6, 6.07) is 4.29. The Hall–Kier alpha value is -1.77. The molecule has 1 aromatic heterocycles. The second-order valence-electron chi connectivity index (χ2n) is 4.82. The highest BCUT2D eigenvalue weighted by Gasteiger charge is 2.37. The number of nitrogens with zero attached hydrogens (tertiary/aromatic N) is 2. The van der Waals surface area contributed by atoms with Gasteiger partial charge in [-0.1, -0.05) is 0 Å². The average Bonchev–Trinajstić information content (AvgIpc) is 2.65. The summed E-state index contributed by atoms with van der Waals surface area (Å²) in [6.07, 6.45) is -3.49. The van der Waals surface area contributed by atoms with Gasteiger partial charge in [0.2, 0.25) is 5.82 Å². The summed E-state index contributed by atoms with van der Waals surface area (Å²) < 4.78 is 62.2. The molecule has 0 unspecified atom stereocenters. The molecule has 9 heteroatoms. The highest BCUT2D eigenvalue weighted by Crippen LogP contribution is 2.32. The van der Waals surface area contributed by atoms with E-state index in [1.165, 1.54) is 18.2 Å². The molecule has 116 valence electrons.